The van der Waals surface area contributed by atoms with E-state index in [0.29, 0.717) is 6.42 Å². The first-order chi connectivity index (χ1) is 8.99. The second-order valence-electron chi connectivity index (χ2n) is 6.48. The second kappa shape index (κ2) is 7.59. The van der Waals surface area contributed by atoms with E-state index in [1.54, 1.807) is 20.8 Å². The largest absolute Gasteiger partial charge is 0.391 e. The summed E-state index contributed by atoms with van der Waals surface area (Å²) in [6, 6.07) is -0.383. The van der Waals surface area contributed by atoms with Gasteiger partial charge in [-0.05, 0) is 33.1 Å². The number of nitrogens with two attached hydrogens (primary N) is 2. The van der Waals surface area contributed by atoms with Crippen LogP contribution in [0.4, 0.5) is 0 Å². The van der Waals surface area contributed by atoms with Crippen LogP contribution in [0.1, 0.15) is 41.0 Å². The first kappa shape index (κ1) is 18.9. The molecule has 3 atom stereocenters. The maximum absolute atomic E-state index is 12.2. The average Bonchev–Trinajstić information content (AvgIpc) is 2.31. The molecule has 0 saturated heterocycles. The van der Waals surface area contributed by atoms with Crippen LogP contribution in [0.15, 0.2) is 0 Å². The van der Waals surface area contributed by atoms with Crippen molar-refractivity contribution in [2.24, 2.45) is 28.7 Å². The fourth-order valence-electron chi connectivity index (χ4n) is 1.68. The van der Waals surface area contributed by atoms with Crippen LogP contribution in [-0.2, 0) is 9.59 Å². The van der Waals surface area contributed by atoms with E-state index in [9.17, 15) is 14.7 Å². The van der Waals surface area contributed by atoms with Crippen molar-refractivity contribution in [3.8, 4) is 0 Å². The number of primary amides is 1. The van der Waals surface area contributed by atoms with Crippen LogP contribution in [0, 0.1) is 17.3 Å². The van der Waals surface area contributed by atoms with Crippen molar-refractivity contribution in [3.05, 3.63) is 0 Å². The fraction of sp³-hybridized carbons (Fsp3) is 0.857. The molecular formula is C14H29N3O3. The minimum Gasteiger partial charge on any atom is -0.391 e. The van der Waals surface area contributed by atoms with Crippen molar-refractivity contribution in [3.63, 3.8) is 0 Å². The van der Waals surface area contributed by atoms with E-state index in [1.165, 1.54) is 0 Å². The van der Waals surface area contributed by atoms with E-state index in [-0.39, 0.29) is 30.3 Å². The minimum atomic E-state index is -0.795. The lowest BCUT2D eigenvalue weighted by atomic mass is 9.87. The molecule has 0 saturated carbocycles. The van der Waals surface area contributed by atoms with Gasteiger partial charge in [-0.2, -0.15) is 0 Å². The quantitative estimate of drug-likeness (QED) is 0.502. The van der Waals surface area contributed by atoms with Crippen LogP contribution in [0.25, 0.3) is 0 Å². The molecule has 0 spiro atoms. The third-order valence-electron chi connectivity index (χ3n) is 3.62. The number of rotatable bonds is 8. The van der Waals surface area contributed by atoms with Crippen LogP contribution >= 0.6 is 0 Å². The van der Waals surface area contributed by atoms with E-state index < -0.39 is 17.4 Å². The predicted molar refractivity (Wildman–Crippen MR) is 78.6 cm³/mol. The number of carbonyl (C=O) groups excluding carboxylic acids is 2. The summed E-state index contributed by atoms with van der Waals surface area (Å²) < 4.78 is 0. The Morgan fingerprint density at radius 1 is 1.25 bits per heavy atom. The van der Waals surface area contributed by atoms with Gasteiger partial charge in [0.25, 0.3) is 0 Å². The molecule has 0 heterocycles. The molecule has 0 bridgehead atoms. The number of hydrogen-bond donors (Lipinski definition) is 4. The first-order valence-electron chi connectivity index (χ1n) is 7.00. The Labute approximate surface area is 121 Å². The molecular weight excluding hydrogens is 258 g/mol. The predicted octanol–water partition coefficient (Wildman–Crippen LogP) is -0.0155. The number of amides is 2. The Morgan fingerprint density at radius 2 is 1.75 bits per heavy atom. The smallest absolute Gasteiger partial charge is 0.224 e. The highest BCUT2D eigenvalue weighted by atomic mass is 16.3. The molecule has 118 valence electrons. The zero-order chi connectivity index (χ0) is 16.1. The van der Waals surface area contributed by atoms with E-state index in [4.69, 9.17) is 11.5 Å². The summed E-state index contributed by atoms with van der Waals surface area (Å²) in [7, 11) is 0. The van der Waals surface area contributed by atoms with Gasteiger partial charge >= 0.3 is 0 Å². The van der Waals surface area contributed by atoms with E-state index in [1.807, 2.05) is 13.8 Å². The zero-order valence-electron chi connectivity index (χ0n) is 13.1. The molecule has 0 aliphatic rings. The molecule has 0 aliphatic heterocycles. The van der Waals surface area contributed by atoms with Gasteiger partial charge in [-0.15, -0.1) is 0 Å². The third-order valence-corrected chi connectivity index (χ3v) is 3.62. The monoisotopic (exact) mass is 287 g/mol. The Morgan fingerprint density at radius 3 is 2.10 bits per heavy atom. The van der Waals surface area contributed by atoms with Crippen molar-refractivity contribution >= 4 is 11.8 Å². The number of aliphatic hydroxyl groups excluding tert-OH is 1. The van der Waals surface area contributed by atoms with E-state index in [2.05, 4.69) is 5.32 Å². The molecule has 0 unspecified atom stereocenters. The van der Waals surface area contributed by atoms with E-state index >= 15 is 0 Å². The van der Waals surface area contributed by atoms with Crippen LogP contribution in [0.3, 0.4) is 0 Å². The number of carbonyl (C=O) groups is 2. The van der Waals surface area contributed by atoms with Crippen LogP contribution in [0.2, 0.25) is 0 Å². The summed E-state index contributed by atoms with van der Waals surface area (Å²) >= 11 is 0. The highest BCUT2D eigenvalue weighted by Gasteiger charge is 2.30. The maximum Gasteiger partial charge on any atom is 0.224 e. The summed E-state index contributed by atoms with van der Waals surface area (Å²) in [5.74, 6) is -0.927. The van der Waals surface area contributed by atoms with Crippen molar-refractivity contribution in [2.45, 2.75) is 53.2 Å². The van der Waals surface area contributed by atoms with E-state index in [0.717, 1.165) is 0 Å². The molecule has 6 nitrogen and oxygen atoms in total. The Balaban J connectivity index is 4.63. The molecule has 0 aromatic rings. The Kier molecular flexibility index (Phi) is 7.16. The summed E-state index contributed by atoms with van der Waals surface area (Å²) in [6.45, 7) is 9.07. The van der Waals surface area contributed by atoms with Crippen molar-refractivity contribution < 1.29 is 14.7 Å². The van der Waals surface area contributed by atoms with Crippen molar-refractivity contribution in [2.75, 3.05) is 6.54 Å². The average molecular weight is 287 g/mol. The zero-order valence-corrected chi connectivity index (χ0v) is 13.1. The Bertz CT molecular complexity index is 341. The SMILES string of the molecule is CC(C)[C@H](C[C@H](O)[C@H](C)N)C(=O)NCC(C)(C)C(N)=O. The second-order valence-corrected chi connectivity index (χ2v) is 6.48. The highest BCUT2D eigenvalue weighted by molar-refractivity contribution is 5.83. The fourth-order valence-corrected chi connectivity index (χ4v) is 1.68. The maximum atomic E-state index is 12.2. The van der Waals surface area contributed by atoms with Crippen molar-refractivity contribution in [1.29, 1.82) is 0 Å². The Hall–Kier alpha value is -1.14. The third kappa shape index (κ3) is 5.88. The van der Waals surface area contributed by atoms with Gasteiger partial charge in [0, 0.05) is 18.5 Å². The lowest BCUT2D eigenvalue weighted by Crippen LogP contribution is -2.46. The van der Waals surface area contributed by atoms with Gasteiger partial charge in [0.2, 0.25) is 11.8 Å². The number of nitrogens with one attached hydrogen (secondary N) is 1. The molecule has 6 N–H and O–H groups in total. The normalized spacial score (nSPS) is 16.6. The summed E-state index contributed by atoms with van der Waals surface area (Å²) in [5, 5.41) is 12.6. The highest BCUT2D eigenvalue weighted by Crippen LogP contribution is 2.20. The molecule has 0 rings (SSSR count). The minimum absolute atomic E-state index is 0.0695. The summed E-state index contributed by atoms with van der Waals surface area (Å²) in [5.41, 5.74) is 10.1. The molecule has 0 aromatic carbocycles. The molecule has 6 heteroatoms. The number of aliphatic hydroxyl groups is 1. The lowest BCUT2D eigenvalue weighted by Gasteiger charge is -2.27. The molecule has 0 aromatic heterocycles. The van der Waals surface area contributed by atoms with Crippen molar-refractivity contribution in [1.82, 2.24) is 5.32 Å². The first-order valence-corrected chi connectivity index (χ1v) is 7.00. The van der Waals surface area contributed by atoms with Gasteiger partial charge in [-0.25, -0.2) is 0 Å². The van der Waals surface area contributed by atoms with Gasteiger partial charge in [0.05, 0.1) is 11.5 Å². The summed E-state index contributed by atoms with van der Waals surface area (Å²) in [6.07, 6.45) is -0.421. The van der Waals surface area contributed by atoms with Gasteiger partial charge in [0.15, 0.2) is 0 Å². The van der Waals surface area contributed by atoms with Gasteiger partial charge < -0.3 is 21.9 Å². The molecule has 0 fully saturated rings. The van der Waals surface area contributed by atoms with Gasteiger partial charge in [-0.3, -0.25) is 9.59 Å². The standard InChI is InChI=1S/C14H29N3O3/c1-8(2)10(6-11(18)9(3)15)12(19)17-7-14(4,5)13(16)20/h8-11,18H,6-7,15H2,1-5H3,(H2,16,20)(H,17,19)/t9-,10-,11-/m0/s1. The molecule has 20 heavy (non-hydrogen) atoms. The van der Waals surface area contributed by atoms with Gasteiger partial charge in [0.1, 0.15) is 0 Å². The molecule has 0 radical (unpaired) electrons. The molecule has 0 aliphatic carbocycles. The summed E-state index contributed by atoms with van der Waals surface area (Å²) in [4.78, 5) is 23.4. The molecule has 2 amide bonds. The van der Waals surface area contributed by atoms with Crippen LogP contribution in [-0.4, -0.2) is 35.6 Å². The van der Waals surface area contributed by atoms with Crippen LogP contribution in [0.5, 0.6) is 0 Å². The van der Waals surface area contributed by atoms with Crippen LogP contribution < -0.4 is 16.8 Å². The number of hydrogen-bond acceptors (Lipinski definition) is 4. The topological polar surface area (TPSA) is 118 Å². The lowest BCUT2D eigenvalue weighted by molar-refractivity contribution is -0.130. The van der Waals surface area contributed by atoms with Gasteiger partial charge in [-0.1, -0.05) is 13.8 Å².